The van der Waals surface area contributed by atoms with Crippen LogP contribution in [-0.2, 0) is 6.42 Å². The van der Waals surface area contributed by atoms with Crippen molar-refractivity contribution in [2.24, 2.45) is 5.41 Å². The highest BCUT2D eigenvalue weighted by Gasteiger charge is 2.56. The number of nitrogens with zero attached hydrogens (tertiary/aromatic N) is 1. The van der Waals surface area contributed by atoms with Crippen molar-refractivity contribution < 1.29 is 15.0 Å². The predicted molar refractivity (Wildman–Crippen MR) is 199 cm³/mol. The third-order valence-corrected chi connectivity index (χ3v) is 13.3. The van der Waals surface area contributed by atoms with Crippen LogP contribution in [0.25, 0.3) is 21.3 Å². The molecule has 0 amide bonds. The first-order chi connectivity index (χ1) is 23.2. The fourth-order valence-corrected chi connectivity index (χ4v) is 10.2. The van der Waals surface area contributed by atoms with Crippen molar-refractivity contribution in [3.8, 4) is 11.1 Å². The molecule has 1 fully saturated rings. The van der Waals surface area contributed by atoms with Gasteiger partial charge in [-0.2, -0.15) is 0 Å². The van der Waals surface area contributed by atoms with E-state index >= 15 is 0 Å². The number of allylic oxidation sites excluding steroid dienone is 2. The van der Waals surface area contributed by atoms with E-state index in [1.807, 2.05) is 66.7 Å². The Kier molecular flexibility index (Phi) is 9.45. The molecule has 4 atom stereocenters. The fraction of sp³-hybridized carbons (Fsp3) is 0.333. The molecule has 0 radical (unpaired) electrons. The minimum atomic E-state index is -0.939. The van der Waals surface area contributed by atoms with Crippen LogP contribution in [0.4, 0.5) is 0 Å². The Morgan fingerprint density at radius 1 is 0.938 bits per heavy atom. The summed E-state index contributed by atoms with van der Waals surface area (Å²) in [6, 6.07) is 32.5. The molecule has 0 unspecified atom stereocenters. The van der Waals surface area contributed by atoms with Crippen molar-refractivity contribution in [3.05, 3.63) is 131 Å². The summed E-state index contributed by atoms with van der Waals surface area (Å²) in [5, 5.41) is 23.6. The number of thioether (sulfide) groups is 1. The zero-order valence-corrected chi connectivity index (χ0v) is 29.3. The van der Waals surface area contributed by atoms with E-state index < -0.39 is 17.1 Å². The maximum absolute atomic E-state index is 14.5. The minimum absolute atomic E-state index is 0.00312. The summed E-state index contributed by atoms with van der Waals surface area (Å²) in [7, 11) is 0. The van der Waals surface area contributed by atoms with Crippen LogP contribution in [-0.4, -0.2) is 38.4 Å². The molecule has 1 aromatic heterocycles. The predicted octanol–water partition coefficient (Wildman–Crippen LogP) is 10.0. The van der Waals surface area contributed by atoms with Gasteiger partial charge in [-0.1, -0.05) is 109 Å². The van der Waals surface area contributed by atoms with E-state index in [9.17, 15) is 15.0 Å². The molecule has 0 aliphatic heterocycles. The van der Waals surface area contributed by atoms with Crippen LogP contribution in [0, 0.1) is 5.41 Å². The van der Waals surface area contributed by atoms with Gasteiger partial charge in [0, 0.05) is 22.3 Å². The molecule has 2 N–H and O–H groups in total. The topological polar surface area (TPSA) is 70.4 Å². The highest BCUT2D eigenvalue weighted by Crippen LogP contribution is 2.60. The van der Waals surface area contributed by atoms with Crippen molar-refractivity contribution in [2.45, 2.75) is 80.8 Å². The van der Waals surface area contributed by atoms with E-state index in [1.54, 1.807) is 23.1 Å². The summed E-state index contributed by atoms with van der Waals surface area (Å²) in [5.41, 5.74) is 6.37. The van der Waals surface area contributed by atoms with Gasteiger partial charge >= 0.3 is 0 Å². The lowest BCUT2D eigenvalue weighted by molar-refractivity contribution is -0.0422. The van der Waals surface area contributed by atoms with Crippen LogP contribution in [0.2, 0.25) is 0 Å². The minimum Gasteiger partial charge on any atom is -0.393 e. The Morgan fingerprint density at radius 3 is 2.48 bits per heavy atom. The monoisotopic (exact) mass is 673 g/mol. The Hall–Kier alpha value is -3.55. The lowest BCUT2D eigenvalue weighted by atomic mass is 9.65. The molecule has 48 heavy (non-hydrogen) atoms. The molecule has 2 bridgehead atoms. The number of benzene rings is 4. The summed E-state index contributed by atoms with van der Waals surface area (Å²) >= 11 is 3.34. The summed E-state index contributed by atoms with van der Waals surface area (Å²) in [6.07, 6.45) is 6.93. The largest absolute Gasteiger partial charge is 0.393 e. The molecule has 246 valence electrons. The summed E-state index contributed by atoms with van der Waals surface area (Å²) in [6.45, 7) is 4.40. The van der Waals surface area contributed by atoms with Crippen LogP contribution < -0.4 is 0 Å². The smallest absolute Gasteiger partial charge is 0.193 e. The number of para-hydroxylation sites is 1. The number of aliphatic hydroxyl groups excluding tert-OH is 1. The first-order valence-electron chi connectivity index (χ1n) is 17.1. The quantitative estimate of drug-likeness (QED) is 0.107. The van der Waals surface area contributed by atoms with Crippen molar-refractivity contribution in [1.29, 1.82) is 0 Å². The Labute approximate surface area is 292 Å². The van der Waals surface area contributed by atoms with Crippen molar-refractivity contribution in [3.63, 3.8) is 0 Å². The van der Waals surface area contributed by atoms with Gasteiger partial charge in [0.15, 0.2) is 10.1 Å². The second-order valence-electron chi connectivity index (χ2n) is 14.0. The average Bonchev–Trinajstić information content (AvgIpc) is 3.64. The number of thiazole rings is 1. The van der Waals surface area contributed by atoms with E-state index in [2.05, 4.69) is 50.3 Å². The number of rotatable bonds is 6. The SMILES string of the molecule is CC1=CCC[C@@]2(C)[C@@H](CC[C@@]2(O)CSc2nc3ccccc3s2)c2ccc(cc2C(=O)c2ccc(-c3ccccc3)cc2)C[C@@H](O)CC1. The van der Waals surface area contributed by atoms with E-state index in [1.165, 1.54) is 5.57 Å². The molecular weight excluding hydrogens is 631 g/mol. The zero-order chi connectivity index (χ0) is 33.3. The van der Waals surface area contributed by atoms with E-state index in [-0.39, 0.29) is 11.7 Å². The van der Waals surface area contributed by atoms with Crippen molar-refractivity contribution in [1.82, 2.24) is 4.98 Å². The van der Waals surface area contributed by atoms with Gasteiger partial charge in [-0.25, -0.2) is 4.98 Å². The Balaban J connectivity index is 1.26. The molecular formula is C42H43NO3S2. The van der Waals surface area contributed by atoms with Crippen LogP contribution in [0.15, 0.2) is 113 Å². The van der Waals surface area contributed by atoms with Gasteiger partial charge in [0.2, 0.25) is 0 Å². The first kappa shape index (κ1) is 33.0. The molecule has 4 aromatic carbocycles. The molecule has 4 nitrogen and oxygen atoms in total. The van der Waals surface area contributed by atoms with Gasteiger partial charge in [-0.3, -0.25) is 4.79 Å². The fourth-order valence-electron chi connectivity index (χ4n) is 7.87. The van der Waals surface area contributed by atoms with Gasteiger partial charge in [0.05, 0.1) is 21.9 Å². The summed E-state index contributed by atoms with van der Waals surface area (Å²) in [5.74, 6) is 0.541. The van der Waals surface area contributed by atoms with Crippen molar-refractivity contribution in [2.75, 3.05) is 5.75 Å². The molecule has 6 heteroatoms. The standard InChI is InChI=1S/C42H43NO3S2/c1-28-9-8-23-41(2)36(22-24-42(41,46)27-47-40-43-37-12-6-7-13-38(37)48-40)34-21-15-29(25-33(44)20-14-28)26-35(34)39(45)32-18-16-31(17-19-32)30-10-4-3-5-11-30/h3-7,9-13,15-19,21,26,33,36,44,46H,8,14,20,22-25,27H2,1-2H3/t33-,36-,41-,42+/m0/s1. The molecule has 3 aliphatic carbocycles. The van der Waals surface area contributed by atoms with Gasteiger partial charge in [0.25, 0.3) is 0 Å². The lowest BCUT2D eigenvalue weighted by Crippen LogP contribution is -2.46. The van der Waals surface area contributed by atoms with Gasteiger partial charge in [-0.15, -0.1) is 11.3 Å². The highest BCUT2D eigenvalue weighted by molar-refractivity contribution is 8.01. The molecule has 0 saturated heterocycles. The lowest BCUT2D eigenvalue weighted by Gasteiger charge is -2.44. The van der Waals surface area contributed by atoms with E-state index in [0.717, 1.165) is 62.5 Å². The van der Waals surface area contributed by atoms with Crippen molar-refractivity contribution >= 4 is 39.1 Å². The number of carbonyl (C=O) groups excluding carboxylic acids is 1. The molecule has 8 rings (SSSR count). The number of ketones is 1. The third kappa shape index (κ3) is 6.56. The van der Waals surface area contributed by atoms with Crippen LogP contribution >= 0.6 is 23.1 Å². The first-order valence-corrected chi connectivity index (χ1v) is 18.9. The molecule has 1 heterocycles. The Morgan fingerprint density at radius 2 is 1.69 bits per heavy atom. The average molecular weight is 674 g/mol. The maximum Gasteiger partial charge on any atom is 0.193 e. The third-order valence-electron chi connectivity index (χ3n) is 10.9. The summed E-state index contributed by atoms with van der Waals surface area (Å²) < 4.78 is 2.14. The Bertz CT molecular complexity index is 1920. The second-order valence-corrected chi connectivity index (χ2v) is 16.2. The maximum atomic E-state index is 14.5. The van der Waals surface area contributed by atoms with Crippen LogP contribution in [0.1, 0.15) is 85.3 Å². The molecule has 0 spiro atoms. The van der Waals surface area contributed by atoms with E-state index in [4.69, 9.17) is 4.98 Å². The second kappa shape index (κ2) is 13.8. The molecule has 5 aromatic rings. The van der Waals surface area contributed by atoms with Crippen LogP contribution in [0.3, 0.4) is 0 Å². The normalized spacial score (nSPS) is 24.6. The number of aliphatic hydroxyl groups is 2. The van der Waals surface area contributed by atoms with Gasteiger partial charge in [-0.05, 0) is 98.2 Å². The van der Waals surface area contributed by atoms with Gasteiger partial charge < -0.3 is 10.2 Å². The van der Waals surface area contributed by atoms with E-state index in [0.29, 0.717) is 36.1 Å². The van der Waals surface area contributed by atoms with Gasteiger partial charge in [0.1, 0.15) is 0 Å². The molecule has 1 saturated carbocycles. The number of hydrogen-bond acceptors (Lipinski definition) is 6. The number of fused-ring (bicyclic) bond motifs is 9. The number of hydrogen-bond donors (Lipinski definition) is 2. The number of aromatic nitrogens is 1. The zero-order valence-electron chi connectivity index (χ0n) is 27.7. The van der Waals surface area contributed by atoms with Crippen LogP contribution in [0.5, 0.6) is 0 Å². The highest BCUT2D eigenvalue weighted by atomic mass is 32.2. The molecule has 3 aliphatic rings. The number of carbonyl (C=O) groups is 1. The summed E-state index contributed by atoms with van der Waals surface area (Å²) in [4.78, 5) is 19.3.